The second-order valence-electron chi connectivity index (χ2n) is 6.53. The zero-order valence-corrected chi connectivity index (χ0v) is 17.3. The van der Waals surface area contributed by atoms with Gasteiger partial charge in [0.15, 0.2) is 5.82 Å². The topological polar surface area (TPSA) is 80.8 Å². The van der Waals surface area contributed by atoms with Gasteiger partial charge in [0.25, 0.3) is 0 Å². The molecule has 2 aromatic carbocycles. The number of carbonyl (C=O) groups excluding carboxylic acids is 1. The molecule has 0 amide bonds. The van der Waals surface area contributed by atoms with E-state index in [0.29, 0.717) is 33.6 Å². The standard InChI is InChI=1S/C22H19FN4O2S/c1-3-29-21(28)19-13(2)14-8-5-7-11-17(14)24-18(19)12-30-22-25-20(26-27-22)15-9-4-6-10-16(15)23/h4-11H,3,12H2,1-2H3,(H,25,26,27). The highest BCUT2D eigenvalue weighted by Crippen LogP contribution is 2.29. The van der Waals surface area contributed by atoms with Crippen LogP contribution in [-0.4, -0.2) is 32.7 Å². The average molecular weight is 422 g/mol. The number of thioether (sulfide) groups is 1. The first kappa shape index (κ1) is 20.0. The number of pyridine rings is 1. The Bertz CT molecular complexity index is 1220. The molecule has 0 saturated heterocycles. The van der Waals surface area contributed by atoms with E-state index in [0.717, 1.165) is 16.5 Å². The quantitative estimate of drug-likeness (QED) is 0.350. The number of H-pyrrole nitrogens is 1. The molecule has 0 radical (unpaired) electrons. The fourth-order valence-corrected chi connectivity index (χ4v) is 3.98. The Morgan fingerprint density at radius 3 is 2.70 bits per heavy atom. The molecule has 1 N–H and O–H groups in total. The fraction of sp³-hybridized carbons (Fsp3) is 0.182. The van der Waals surface area contributed by atoms with E-state index >= 15 is 0 Å². The van der Waals surface area contributed by atoms with Crippen molar-refractivity contribution in [2.45, 2.75) is 24.8 Å². The van der Waals surface area contributed by atoms with Crippen molar-refractivity contribution in [3.8, 4) is 11.4 Å². The molecule has 0 aliphatic rings. The monoisotopic (exact) mass is 422 g/mol. The molecule has 0 unspecified atom stereocenters. The number of nitrogens with zero attached hydrogens (tertiary/aromatic N) is 3. The summed E-state index contributed by atoms with van der Waals surface area (Å²) >= 11 is 1.32. The summed E-state index contributed by atoms with van der Waals surface area (Å²) in [5, 5.41) is 8.28. The van der Waals surface area contributed by atoms with Crippen molar-refractivity contribution in [1.82, 2.24) is 20.2 Å². The lowest BCUT2D eigenvalue weighted by Crippen LogP contribution is -2.12. The smallest absolute Gasteiger partial charge is 0.340 e. The van der Waals surface area contributed by atoms with Gasteiger partial charge < -0.3 is 4.74 Å². The Morgan fingerprint density at radius 1 is 1.13 bits per heavy atom. The summed E-state index contributed by atoms with van der Waals surface area (Å²) in [7, 11) is 0. The third-order valence-electron chi connectivity index (χ3n) is 4.64. The summed E-state index contributed by atoms with van der Waals surface area (Å²) in [5.74, 6) is -0.0506. The number of aromatic nitrogens is 4. The summed E-state index contributed by atoms with van der Waals surface area (Å²) in [6.07, 6.45) is 0. The highest BCUT2D eigenvalue weighted by Gasteiger charge is 2.20. The van der Waals surface area contributed by atoms with Crippen LogP contribution in [0.3, 0.4) is 0 Å². The van der Waals surface area contributed by atoms with E-state index in [1.165, 1.54) is 17.8 Å². The van der Waals surface area contributed by atoms with E-state index in [1.807, 2.05) is 31.2 Å². The molecular formula is C22H19FN4O2S. The summed E-state index contributed by atoms with van der Waals surface area (Å²) in [5.41, 5.74) is 3.06. The number of hydrogen-bond acceptors (Lipinski definition) is 6. The molecule has 30 heavy (non-hydrogen) atoms. The van der Waals surface area contributed by atoms with E-state index in [2.05, 4.69) is 20.2 Å². The van der Waals surface area contributed by atoms with Crippen LogP contribution in [0.25, 0.3) is 22.3 Å². The number of fused-ring (bicyclic) bond motifs is 1. The highest BCUT2D eigenvalue weighted by atomic mass is 32.2. The first-order valence-electron chi connectivity index (χ1n) is 9.44. The maximum absolute atomic E-state index is 14.0. The van der Waals surface area contributed by atoms with Gasteiger partial charge >= 0.3 is 5.97 Å². The van der Waals surface area contributed by atoms with Crippen LogP contribution in [0.15, 0.2) is 53.7 Å². The van der Waals surface area contributed by atoms with E-state index in [-0.39, 0.29) is 12.4 Å². The van der Waals surface area contributed by atoms with Crippen molar-refractivity contribution < 1.29 is 13.9 Å². The third-order valence-corrected chi connectivity index (χ3v) is 5.50. The van der Waals surface area contributed by atoms with Crippen LogP contribution in [0.4, 0.5) is 4.39 Å². The van der Waals surface area contributed by atoms with Gasteiger partial charge in [-0.2, -0.15) is 0 Å². The Hall–Kier alpha value is -3.26. The number of ether oxygens (including phenoxy) is 1. The molecule has 4 rings (SSSR count). The summed E-state index contributed by atoms with van der Waals surface area (Å²) in [4.78, 5) is 21.7. The fourth-order valence-electron chi connectivity index (χ4n) is 3.24. The Morgan fingerprint density at radius 2 is 1.90 bits per heavy atom. The SMILES string of the molecule is CCOC(=O)c1c(CSc2n[nH]c(-c3ccccc3F)n2)nc2ccccc2c1C. The summed E-state index contributed by atoms with van der Waals surface area (Å²) in [6.45, 7) is 3.95. The number of aromatic amines is 1. The molecule has 152 valence electrons. The predicted molar refractivity (Wildman–Crippen MR) is 114 cm³/mol. The number of rotatable bonds is 6. The molecule has 0 aliphatic carbocycles. The number of carbonyl (C=O) groups is 1. The largest absolute Gasteiger partial charge is 0.462 e. The Kier molecular flexibility index (Phi) is 5.76. The van der Waals surface area contributed by atoms with Crippen molar-refractivity contribution in [3.05, 3.63) is 71.2 Å². The normalized spacial score (nSPS) is 11.0. The third kappa shape index (κ3) is 3.91. The molecule has 0 fully saturated rings. The van der Waals surface area contributed by atoms with Crippen LogP contribution in [-0.2, 0) is 10.5 Å². The molecule has 0 spiro atoms. The molecule has 6 nitrogen and oxygen atoms in total. The van der Waals surface area contributed by atoms with Gasteiger partial charge in [-0.25, -0.2) is 14.2 Å². The second kappa shape index (κ2) is 8.62. The summed E-state index contributed by atoms with van der Waals surface area (Å²) < 4.78 is 19.2. The number of halogens is 1. The van der Waals surface area contributed by atoms with E-state index in [9.17, 15) is 9.18 Å². The number of para-hydroxylation sites is 1. The lowest BCUT2D eigenvalue weighted by Gasteiger charge is -2.13. The highest BCUT2D eigenvalue weighted by molar-refractivity contribution is 7.98. The number of benzene rings is 2. The molecule has 0 aliphatic heterocycles. The lowest BCUT2D eigenvalue weighted by molar-refractivity contribution is 0.0524. The molecule has 4 aromatic rings. The second-order valence-corrected chi connectivity index (χ2v) is 7.47. The molecule has 8 heteroatoms. The molecule has 2 heterocycles. The zero-order valence-electron chi connectivity index (χ0n) is 16.5. The first-order chi connectivity index (χ1) is 14.6. The van der Waals surface area contributed by atoms with Gasteiger partial charge in [0.1, 0.15) is 5.82 Å². The van der Waals surface area contributed by atoms with Crippen LogP contribution in [0, 0.1) is 12.7 Å². The Balaban J connectivity index is 1.65. The maximum atomic E-state index is 14.0. The summed E-state index contributed by atoms with van der Waals surface area (Å²) in [6, 6.07) is 14.0. The number of aryl methyl sites for hydroxylation is 1. The van der Waals surface area contributed by atoms with Crippen molar-refractivity contribution in [2.75, 3.05) is 6.61 Å². The van der Waals surface area contributed by atoms with Gasteiger partial charge in [-0.3, -0.25) is 10.1 Å². The molecule has 0 saturated carbocycles. The van der Waals surface area contributed by atoms with Gasteiger partial charge in [0, 0.05) is 11.1 Å². The molecular weight excluding hydrogens is 403 g/mol. The van der Waals surface area contributed by atoms with E-state index in [4.69, 9.17) is 4.74 Å². The van der Waals surface area contributed by atoms with Gasteiger partial charge in [0.05, 0.1) is 28.9 Å². The molecule has 0 atom stereocenters. The number of nitrogens with one attached hydrogen (secondary N) is 1. The zero-order chi connectivity index (χ0) is 21.1. The Labute approximate surface area is 176 Å². The minimum atomic E-state index is -0.397. The molecule has 2 aromatic heterocycles. The average Bonchev–Trinajstić information content (AvgIpc) is 3.21. The van der Waals surface area contributed by atoms with Crippen molar-refractivity contribution >= 4 is 28.6 Å². The van der Waals surface area contributed by atoms with Gasteiger partial charge in [0.2, 0.25) is 5.16 Å². The number of hydrogen-bond donors (Lipinski definition) is 1. The predicted octanol–water partition coefficient (Wildman–Crippen LogP) is 4.94. The van der Waals surface area contributed by atoms with Crippen LogP contribution in [0.1, 0.15) is 28.5 Å². The van der Waals surface area contributed by atoms with Crippen LogP contribution < -0.4 is 0 Å². The minimum absolute atomic E-state index is 0.282. The molecule has 0 bridgehead atoms. The van der Waals surface area contributed by atoms with Crippen molar-refractivity contribution in [1.29, 1.82) is 0 Å². The van der Waals surface area contributed by atoms with Crippen LogP contribution in [0.5, 0.6) is 0 Å². The van der Waals surface area contributed by atoms with Crippen LogP contribution in [0.2, 0.25) is 0 Å². The van der Waals surface area contributed by atoms with Crippen molar-refractivity contribution in [3.63, 3.8) is 0 Å². The number of esters is 1. The van der Waals surface area contributed by atoms with E-state index < -0.39 is 5.97 Å². The first-order valence-corrected chi connectivity index (χ1v) is 10.4. The van der Waals surface area contributed by atoms with Crippen LogP contribution >= 0.6 is 11.8 Å². The van der Waals surface area contributed by atoms with Gasteiger partial charge in [-0.15, -0.1) is 5.10 Å². The van der Waals surface area contributed by atoms with E-state index in [1.54, 1.807) is 25.1 Å². The van der Waals surface area contributed by atoms with Gasteiger partial charge in [-0.1, -0.05) is 42.1 Å². The van der Waals surface area contributed by atoms with Gasteiger partial charge in [-0.05, 0) is 37.6 Å². The minimum Gasteiger partial charge on any atom is -0.462 e. The lowest BCUT2D eigenvalue weighted by atomic mass is 10.0. The maximum Gasteiger partial charge on any atom is 0.340 e. The van der Waals surface area contributed by atoms with Crippen molar-refractivity contribution in [2.24, 2.45) is 0 Å².